The Labute approximate surface area is 205 Å². The molecule has 11 nitrogen and oxygen atoms in total. The fourth-order valence-electron chi connectivity index (χ4n) is 4.20. The molecule has 0 bridgehead atoms. The summed E-state index contributed by atoms with van der Waals surface area (Å²) in [5.41, 5.74) is 2.72. The van der Waals surface area contributed by atoms with Crippen LogP contribution >= 0.6 is 0 Å². The molecule has 0 radical (unpaired) electrons. The van der Waals surface area contributed by atoms with Crippen molar-refractivity contribution in [2.75, 3.05) is 29.9 Å². The van der Waals surface area contributed by atoms with E-state index in [-0.39, 0.29) is 11.7 Å². The van der Waals surface area contributed by atoms with Gasteiger partial charge in [-0.05, 0) is 31.5 Å². The zero-order chi connectivity index (χ0) is 24.6. The van der Waals surface area contributed by atoms with Crippen LogP contribution in [0.15, 0.2) is 49.3 Å². The first-order valence-electron chi connectivity index (χ1n) is 11.5. The number of aromatic nitrogens is 7. The van der Waals surface area contributed by atoms with E-state index in [1.54, 1.807) is 35.1 Å². The molecule has 36 heavy (non-hydrogen) atoms. The molecular weight excluding hydrogens is 463 g/mol. The largest absolute Gasteiger partial charge is 0.457 e. The number of rotatable bonds is 5. The summed E-state index contributed by atoms with van der Waals surface area (Å²) >= 11 is 0. The first-order valence-corrected chi connectivity index (χ1v) is 11.5. The highest BCUT2D eigenvalue weighted by Gasteiger charge is 2.22. The molecular formula is C24H23FN10O. The predicted molar refractivity (Wildman–Crippen MR) is 132 cm³/mol. The third-order valence-corrected chi connectivity index (χ3v) is 6.12. The molecule has 1 aliphatic heterocycles. The Balaban J connectivity index is 1.29. The van der Waals surface area contributed by atoms with Crippen molar-refractivity contribution >= 4 is 34.1 Å². The SMILES string of the molecule is Cc1cc(Nc2ncnc3cnc(N4CCNC[C@@H]4C)nc23)c(F)cc1Oc1ccn2ncnc2c1. The second-order valence-electron chi connectivity index (χ2n) is 8.62. The van der Waals surface area contributed by atoms with Crippen molar-refractivity contribution in [2.24, 2.45) is 0 Å². The van der Waals surface area contributed by atoms with Crippen LogP contribution in [0.2, 0.25) is 0 Å². The van der Waals surface area contributed by atoms with Crippen molar-refractivity contribution in [1.29, 1.82) is 0 Å². The summed E-state index contributed by atoms with van der Waals surface area (Å²) in [6.07, 6.45) is 6.27. The molecule has 5 aromatic rings. The summed E-state index contributed by atoms with van der Waals surface area (Å²) in [5, 5.41) is 10.5. The van der Waals surface area contributed by atoms with Gasteiger partial charge in [-0.15, -0.1) is 0 Å². The van der Waals surface area contributed by atoms with Crippen LogP contribution in [0, 0.1) is 12.7 Å². The van der Waals surface area contributed by atoms with E-state index in [2.05, 4.69) is 47.5 Å². The molecule has 1 saturated heterocycles. The van der Waals surface area contributed by atoms with Gasteiger partial charge in [0.05, 0.1) is 11.9 Å². The Hall–Kier alpha value is -4.45. The van der Waals surface area contributed by atoms with Gasteiger partial charge in [0.1, 0.15) is 41.0 Å². The normalized spacial score (nSPS) is 16.0. The number of halogens is 1. The van der Waals surface area contributed by atoms with E-state index < -0.39 is 5.82 Å². The Kier molecular flexibility index (Phi) is 5.49. The average molecular weight is 487 g/mol. The Bertz CT molecular complexity index is 1570. The molecule has 0 spiro atoms. The maximum atomic E-state index is 15.2. The third kappa shape index (κ3) is 4.11. The molecule has 1 fully saturated rings. The van der Waals surface area contributed by atoms with Crippen LogP contribution in [0.5, 0.6) is 11.5 Å². The number of hydrogen-bond acceptors (Lipinski definition) is 10. The van der Waals surface area contributed by atoms with Crippen molar-refractivity contribution in [1.82, 2.24) is 39.9 Å². The van der Waals surface area contributed by atoms with Gasteiger partial charge in [-0.25, -0.2) is 33.8 Å². The topological polar surface area (TPSA) is 118 Å². The molecule has 12 heteroatoms. The Morgan fingerprint density at radius 2 is 2.06 bits per heavy atom. The van der Waals surface area contributed by atoms with Gasteiger partial charge in [-0.3, -0.25) is 0 Å². The number of nitrogens with one attached hydrogen (secondary N) is 2. The number of ether oxygens (including phenoxy) is 1. The van der Waals surface area contributed by atoms with Crippen LogP contribution in [0.1, 0.15) is 12.5 Å². The number of piperazine rings is 1. The Morgan fingerprint density at radius 3 is 2.94 bits per heavy atom. The van der Waals surface area contributed by atoms with Gasteiger partial charge in [-0.2, -0.15) is 5.10 Å². The summed E-state index contributed by atoms with van der Waals surface area (Å²) in [5.74, 6) is 1.43. The molecule has 5 heterocycles. The fourth-order valence-corrected chi connectivity index (χ4v) is 4.20. The summed E-state index contributed by atoms with van der Waals surface area (Å²) < 4.78 is 22.7. The fraction of sp³-hybridized carbons (Fsp3) is 0.250. The zero-order valence-electron chi connectivity index (χ0n) is 19.7. The van der Waals surface area contributed by atoms with Crippen LogP contribution in [-0.2, 0) is 0 Å². The van der Waals surface area contributed by atoms with E-state index in [4.69, 9.17) is 9.72 Å². The van der Waals surface area contributed by atoms with E-state index in [1.807, 2.05) is 6.92 Å². The molecule has 0 amide bonds. The van der Waals surface area contributed by atoms with Crippen LogP contribution in [0.25, 0.3) is 16.7 Å². The third-order valence-electron chi connectivity index (χ3n) is 6.12. The smallest absolute Gasteiger partial charge is 0.226 e. The quantitative estimate of drug-likeness (QED) is 0.383. The summed E-state index contributed by atoms with van der Waals surface area (Å²) in [6, 6.07) is 6.75. The standard InChI is InChI=1S/C24H23FN10O/c1-14-7-18(17(25)9-20(14)36-16-3-5-35-21(8-16)29-13-31-35)32-23-22-19(28-12-30-23)11-27-24(33-22)34-6-4-26-10-15(34)2/h3,5,7-9,11-13,15,26H,4,6,10H2,1-2H3,(H,28,30,32)/t15-/m0/s1. The average Bonchev–Trinajstić information content (AvgIpc) is 3.35. The Morgan fingerprint density at radius 1 is 1.14 bits per heavy atom. The molecule has 0 aliphatic carbocycles. The lowest BCUT2D eigenvalue weighted by Gasteiger charge is -2.33. The highest BCUT2D eigenvalue weighted by atomic mass is 19.1. The molecule has 4 aromatic heterocycles. The van der Waals surface area contributed by atoms with Crippen molar-refractivity contribution in [3.8, 4) is 11.5 Å². The molecule has 2 N–H and O–H groups in total. The first-order chi connectivity index (χ1) is 17.5. The minimum Gasteiger partial charge on any atom is -0.457 e. The second-order valence-corrected chi connectivity index (χ2v) is 8.62. The maximum Gasteiger partial charge on any atom is 0.226 e. The van der Waals surface area contributed by atoms with Gasteiger partial charge in [0.2, 0.25) is 5.95 Å². The lowest BCUT2D eigenvalue weighted by atomic mass is 10.2. The van der Waals surface area contributed by atoms with E-state index in [9.17, 15) is 0 Å². The van der Waals surface area contributed by atoms with Crippen LogP contribution in [0.4, 0.5) is 21.8 Å². The van der Waals surface area contributed by atoms with Crippen molar-refractivity contribution in [3.05, 3.63) is 60.7 Å². The van der Waals surface area contributed by atoms with E-state index in [1.165, 1.54) is 18.7 Å². The molecule has 0 saturated carbocycles. The summed E-state index contributed by atoms with van der Waals surface area (Å²) in [6.45, 7) is 6.46. The highest BCUT2D eigenvalue weighted by molar-refractivity contribution is 5.87. The van der Waals surface area contributed by atoms with Crippen molar-refractivity contribution < 1.29 is 9.13 Å². The zero-order valence-corrected chi connectivity index (χ0v) is 19.7. The van der Waals surface area contributed by atoms with Crippen molar-refractivity contribution in [2.45, 2.75) is 19.9 Å². The molecule has 1 aromatic carbocycles. The first kappa shape index (κ1) is 22.0. The molecule has 1 aliphatic rings. The van der Waals surface area contributed by atoms with Gasteiger partial charge in [-0.1, -0.05) is 0 Å². The van der Waals surface area contributed by atoms with Gasteiger partial charge in [0.25, 0.3) is 0 Å². The summed E-state index contributed by atoms with van der Waals surface area (Å²) in [4.78, 5) is 24.1. The number of benzene rings is 1. The van der Waals surface area contributed by atoms with Gasteiger partial charge < -0.3 is 20.3 Å². The number of nitrogens with zero attached hydrogens (tertiary/aromatic N) is 8. The minimum atomic E-state index is -0.490. The number of pyridine rings is 1. The number of fused-ring (bicyclic) bond motifs is 2. The lowest BCUT2D eigenvalue weighted by molar-refractivity contribution is 0.473. The van der Waals surface area contributed by atoms with Crippen molar-refractivity contribution in [3.63, 3.8) is 0 Å². The molecule has 182 valence electrons. The van der Waals surface area contributed by atoms with E-state index in [0.29, 0.717) is 39.9 Å². The second kappa shape index (κ2) is 8.96. The van der Waals surface area contributed by atoms with Crippen LogP contribution in [-0.4, -0.2) is 60.2 Å². The molecule has 0 unspecified atom stereocenters. The monoisotopic (exact) mass is 486 g/mol. The number of hydrogen-bond donors (Lipinski definition) is 2. The van der Waals surface area contributed by atoms with E-state index in [0.717, 1.165) is 25.2 Å². The van der Waals surface area contributed by atoms with E-state index >= 15 is 4.39 Å². The lowest BCUT2D eigenvalue weighted by Crippen LogP contribution is -2.50. The predicted octanol–water partition coefficient (Wildman–Crippen LogP) is 3.24. The molecule has 1 atom stereocenters. The van der Waals surface area contributed by atoms with Gasteiger partial charge >= 0.3 is 0 Å². The van der Waals surface area contributed by atoms with Gasteiger partial charge in [0.15, 0.2) is 11.5 Å². The summed E-state index contributed by atoms with van der Waals surface area (Å²) in [7, 11) is 0. The molecule has 6 rings (SSSR count). The highest BCUT2D eigenvalue weighted by Crippen LogP contribution is 2.32. The van der Waals surface area contributed by atoms with Crippen LogP contribution in [0.3, 0.4) is 0 Å². The minimum absolute atomic E-state index is 0.246. The van der Waals surface area contributed by atoms with Gasteiger partial charge in [0, 0.05) is 44.0 Å². The number of anilines is 3. The number of aryl methyl sites for hydroxylation is 1. The maximum absolute atomic E-state index is 15.2. The van der Waals surface area contributed by atoms with Crippen LogP contribution < -0.4 is 20.3 Å².